The van der Waals surface area contributed by atoms with E-state index in [9.17, 15) is 4.39 Å². The van der Waals surface area contributed by atoms with Gasteiger partial charge in [0.15, 0.2) is 17.6 Å². The first kappa shape index (κ1) is 15.7. The van der Waals surface area contributed by atoms with E-state index in [1.807, 2.05) is 18.2 Å². The molecular weight excluding hydrogens is 289 g/mol. The van der Waals surface area contributed by atoms with Crippen LogP contribution in [0.5, 0.6) is 5.75 Å². The van der Waals surface area contributed by atoms with Gasteiger partial charge < -0.3 is 4.74 Å². The summed E-state index contributed by atoms with van der Waals surface area (Å²) in [6.45, 7) is 4.32. The highest BCUT2D eigenvalue weighted by Crippen LogP contribution is 2.30. The van der Waals surface area contributed by atoms with Gasteiger partial charge in [0, 0.05) is 24.5 Å². The van der Waals surface area contributed by atoms with Crippen LogP contribution in [0.4, 0.5) is 10.1 Å². The van der Waals surface area contributed by atoms with Crippen LogP contribution < -0.4 is 4.74 Å². The van der Waals surface area contributed by atoms with E-state index in [0.717, 1.165) is 25.0 Å². The smallest absolute Gasteiger partial charge is 0.241 e. The lowest BCUT2D eigenvalue weighted by molar-refractivity contribution is -0.485. The fraction of sp³-hybridized carbons (Fsp3) is 0.350. The quantitative estimate of drug-likeness (QED) is 0.745. The first-order valence-corrected chi connectivity index (χ1v) is 8.22. The lowest BCUT2D eigenvalue weighted by Crippen LogP contribution is -2.34. The second-order valence-corrected chi connectivity index (χ2v) is 6.09. The second-order valence-electron chi connectivity index (χ2n) is 6.09. The van der Waals surface area contributed by atoms with Crippen LogP contribution >= 0.6 is 0 Å². The Labute approximate surface area is 137 Å². The molecule has 3 rings (SSSR count). The fourth-order valence-corrected chi connectivity index (χ4v) is 3.47. The Bertz CT molecular complexity index is 751. The molecule has 0 spiro atoms. The number of benzene rings is 2. The van der Waals surface area contributed by atoms with E-state index in [2.05, 4.69) is 30.6 Å². The molecule has 120 valence electrons. The molecular formula is C20H23FNO+. The number of hydrogen-bond donors (Lipinski definition) is 0. The maximum atomic E-state index is 14.4. The van der Waals surface area contributed by atoms with Gasteiger partial charge in [-0.25, -0.2) is 0 Å². The van der Waals surface area contributed by atoms with Gasteiger partial charge >= 0.3 is 0 Å². The highest BCUT2D eigenvalue weighted by atomic mass is 19.1. The average molecular weight is 312 g/mol. The topological polar surface area (TPSA) is 12.2 Å². The highest BCUT2D eigenvalue weighted by molar-refractivity contribution is 5.99. The maximum absolute atomic E-state index is 14.4. The minimum absolute atomic E-state index is 0.162. The maximum Gasteiger partial charge on any atom is 0.241 e. The molecule has 1 aliphatic rings. The van der Waals surface area contributed by atoms with Crippen molar-refractivity contribution in [1.29, 1.82) is 0 Å². The average Bonchev–Trinajstić information content (AvgIpc) is 2.55. The lowest BCUT2D eigenvalue weighted by Gasteiger charge is -2.23. The molecule has 0 aliphatic carbocycles. The van der Waals surface area contributed by atoms with Crippen LogP contribution in [-0.4, -0.2) is 23.4 Å². The number of nitrogens with zero attached hydrogens (tertiary/aromatic N) is 1. The Morgan fingerprint density at radius 3 is 2.70 bits per heavy atom. The molecule has 0 N–H and O–H groups in total. The molecule has 3 heteroatoms. The minimum Gasteiger partial charge on any atom is -0.497 e. The van der Waals surface area contributed by atoms with Gasteiger partial charge in [0.1, 0.15) is 5.75 Å². The fourth-order valence-electron chi connectivity index (χ4n) is 3.47. The van der Waals surface area contributed by atoms with Crippen LogP contribution in [0.1, 0.15) is 37.8 Å². The number of ether oxygens (including phenoxy) is 1. The zero-order valence-corrected chi connectivity index (χ0v) is 14.0. The van der Waals surface area contributed by atoms with E-state index in [0.29, 0.717) is 5.69 Å². The monoisotopic (exact) mass is 312 g/mol. The number of methoxy groups -OCH3 is 1. The summed E-state index contributed by atoms with van der Waals surface area (Å²) in [6.07, 6.45) is 2.84. The molecule has 2 aromatic rings. The molecule has 0 bridgehead atoms. The van der Waals surface area contributed by atoms with Crippen LogP contribution in [0.2, 0.25) is 0 Å². The summed E-state index contributed by atoms with van der Waals surface area (Å²) in [7, 11) is 1.69. The Balaban J connectivity index is 2.22. The van der Waals surface area contributed by atoms with Gasteiger partial charge in [-0.1, -0.05) is 19.1 Å². The molecule has 0 fully saturated rings. The van der Waals surface area contributed by atoms with Crippen molar-refractivity contribution in [2.24, 2.45) is 0 Å². The van der Waals surface area contributed by atoms with E-state index in [-0.39, 0.29) is 11.9 Å². The SMILES string of the molecule is CCCC1=[N+](c2ccccc2F)C(C)Cc2cc(OC)ccc21. The summed E-state index contributed by atoms with van der Waals surface area (Å²) >= 11 is 0. The Morgan fingerprint density at radius 2 is 2.00 bits per heavy atom. The molecule has 23 heavy (non-hydrogen) atoms. The van der Waals surface area contributed by atoms with Gasteiger partial charge in [-0.15, -0.1) is 0 Å². The van der Waals surface area contributed by atoms with Crippen molar-refractivity contribution >= 4 is 11.4 Å². The Kier molecular flexibility index (Phi) is 4.46. The van der Waals surface area contributed by atoms with Crippen molar-refractivity contribution in [3.05, 3.63) is 59.4 Å². The summed E-state index contributed by atoms with van der Waals surface area (Å²) in [5.74, 6) is 0.719. The Morgan fingerprint density at radius 1 is 1.22 bits per heavy atom. The molecule has 1 aliphatic heterocycles. The van der Waals surface area contributed by atoms with Crippen LogP contribution in [0, 0.1) is 5.82 Å². The number of fused-ring (bicyclic) bond motifs is 1. The zero-order valence-electron chi connectivity index (χ0n) is 14.0. The molecule has 2 aromatic carbocycles. The molecule has 1 unspecified atom stereocenters. The predicted molar refractivity (Wildman–Crippen MR) is 91.5 cm³/mol. The first-order chi connectivity index (χ1) is 11.2. The minimum atomic E-state index is -0.162. The number of para-hydroxylation sites is 1. The van der Waals surface area contributed by atoms with Gasteiger partial charge in [0.05, 0.1) is 7.11 Å². The van der Waals surface area contributed by atoms with Crippen molar-refractivity contribution in [2.45, 2.75) is 39.2 Å². The van der Waals surface area contributed by atoms with Crippen LogP contribution in [0.3, 0.4) is 0 Å². The molecule has 1 atom stereocenters. The van der Waals surface area contributed by atoms with E-state index in [1.54, 1.807) is 13.2 Å². The number of hydrogen-bond acceptors (Lipinski definition) is 1. The highest BCUT2D eigenvalue weighted by Gasteiger charge is 2.33. The van der Waals surface area contributed by atoms with Gasteiger partial charge in [-0.2, -0.15) is 8.97 Å². The van der Waals surface area contributed by atoms with Crippen molar-refractivity contribution in [3.63, 3.8) is 0 Å². The van der Waals surface area contributed by atoms with E-state index >= 15 is 0 Å². The summed E-state index contributed by atoms with van der Waals surface area (Å²) < 4.78 is 21.9. The summed E-state index contributed by atoms with van der Waals surface area (Å²) in [5.41, 5.74) is 4.38. The van der Waals surface area contributed by atoms with Crippen LogP contribution in [-0.2, 0) is 6.42 Å². The van der Waals surface area contributed by atoms with E-state index < -0.39 is 0 Å². The van der Waals surface area contributed by atoms with Crippen LogP contribution in [0.15, 0.2) is 42.5 Å². The first-order valence-electron chi connectivity index (χ1n) is 8.22. The number of rotatable bonds is 4. The van der Waals surface area contributed by atoms with Gasteiger partial charge in [0.2, 0.25) is 5.69 Å². The Hall–Kier alpha value is -2.16. The van der Waals surface area contributed by atoms with Crippen molar-refractivity contribution in [3.8, 4) is 5.75 Å². The largest absolute Gasteiger partial charge is 0.497 e. The molecule has 0 amide bonds. The van der Waals surface area contributed by atoms with Gasteiger partial charge in [-0.3, -0.25) is 0 Å². The summed E-state index contributed by atoms with van der Waals surface area (Å²) in [6, 6.07) is 13.5. The molecule has 1 heterocycles. The molecule has 2 nitrogen and oxygen atoms in total. The lowest BCUT2D eigenvalue weighted by atomic mass is 9.90. The molecule has 0 saturated heterocycles. The molecule has 0 radical (unpaired) electrons. The third kappa shape index (κ3) is 2.88. The van der Waals surface area contributed by atoms with Crippen molar-refractivity contribution in [2.75, 3.05) is 7.11 Å². The van der Waals surface area contributed by atoms with E-state index in [1.165, 1.54) is 22.9 Å². The third-order valence-corrected chi connectivity index (χ3v) is 4.47. The standard InChI is InChI=1S/C20H23FNO/c1-4-7-19-17-11-10-16(23-3)13-15(17)12-14(2)22(19)20-9-6-5-8-18(20)21/h5-6,8-11,13-14H,4,7,12H2,1-3H3/q+1. The second kappa shape index (κ2) is 6.53. The predicted octanol–water partition coefficient (Wildman–Crippen LogP) is 4.71. The summed E-state index contributed by atoms with van der Waals surface area (Å²) in [4.78, 5) is 0. The van der Waals surface area contributed by atoms with Gasteiger partial charge in [-0.05, 0) is 43.2 Å². The molecule has 0 saturated carbocycles. The van der Waals surface area contributed by atoms with E-state index in [4.69, 9.17) is 4.74 Å². The zero-order chi connectivity index (χ0) is 16.4. The van der Waals surface area contributed by atoms with Gasteiger partial charge in [0.25, 0.3) is 0 Å². The third-order valence-electron chi connectivity index (χ3n) is 4.47. The van der Waals surface area contributed by atoms with Crippen molar-refractivity contribution < 1.29 is 13.7 Å². The summed E-state index contributed by atoms with van der Waals surface area (Å²) in [5, 5.41) is 0. The molecule has 0 aromatic heterocycles. The van der Waals surface area contributed by atoms with Crippen molar-refractivity contribution in [1.82, 2.24) is 0 Å². The normalized spacial score (nSPS) is 17.1. The van der Waals surface area contributed by atoms with Crippen LogP contribution in [0.25, 0.3) is 0 Å². The number of halogens is 1.